The number of methoxy groups -OCH3 is 1. The van der Waals surface area contributed by atoms with Crippen molar-refractivity contribution in [3.63, 3.8) is 0 Å². The minimum Gasteiger partial charge on any atom is -0.497 e. The molecule has 5 heterocycles. The highest BCUT2D eigenvalue weighted by Gasteiger charge is 2.29. The Morgan fingerprint density at radius 3 is 3.00 bits per heavy atom. The molecule has 1 fully saturated rings. The monoisotopic (exact) mass is 404 g/mol. The molecule has 2 aliphatic rings. The van der Waals surface area contributed by atoms with E-state index in [9.17, 15) is 0 Å². The van der Waals surface area contributed by atoms with Crippen molar-refractivity contribution in [3.8, 4) is 34.2 Å². The SMILES string of the molecule is COc1ccc2c(c1)-c1nn(C)cc1Cc1c(-c3noc([C@H]4CCCO4)n3)ncn1-2. The number of rotatable bonds is 3. The van der Waals surface area contributed by atoms with Crippen LogP contribution < -0.4 is 4.74 Å². The molecule has 1 atom stereocenters. The second kappa shape index (κ2) is 6.53. The summed E-state index contributed by atoms with van der Waals surface area (Å²) in [5, 5.41) is 8.91. The van der Waals surface area contributed by atoms with Crippen LogP contribution in [0.4, 0.5) is 0 Å². The van der Waals surface area contributed by atoms with Crippen molar-refractivity contribution in [2.75, 3.05) is 13.7 Å². The zero-order chi connectivity index (χ0) is 20.2. The first-order chi connectivity index (χ1) is 14.7. The molecule has 3 aromatic heterocycles. The van der Waals surface area contributed by atoms with E-state index in [-0.39, 0.29) is 6.10 Å². The second-order valence-corrected chi connectivity index (χ2v) is 7.60. The number of aryl methyl sites for hydroxylation is 1. The van der Waals surface area contributed by atoms with E-state index in [1.165, 1.54) is 0 Å². The number of benzene rings is 1. The second-order valence-electron chi connectivity index (χ2n) is 7.60. The van der Waals surface area contributed by atoms with Crippen molar-refractivity contribution in [3.05, 3.63) is 47.9 Å². The molecular formula is C21H20N6O3. The van der Waals surface area contributed by atoms with E-state index in [1.807, 2.05) is 42.5 Å². The molecule has 30 heavy (non-hydrogen) atoms. The third-order valence-corrected chi connectivity index (χ3v) is 5.71. The molecule has 0 bridgehead atoms. The Morgan fingerprint density at radius 2 is 2.17 bits per heavy atom. The van der Waals surface area contributed by atoms with E-state index in [1.54, 1.807) is 7.11 Å². The number of fused-ring (bicyclic) bond motifs is 5. The molecule has 0 amide bonds. The van der Waals surface area contributed by atoms with E-state index in [2.05, 4.69) is 19.7 Å². The number of hydrogen-bond donors (Lipinski definition) is 0. The maximum absolute atomic E-state index is 5.68. The predicted molar refractivity (Wildman–Crippen MR) is 106 cm³/mol. The van der Waals surface area contributed by atoms with Crippen molar-refractivity contribution < 1.29 is 14.0 Å². The Hall–Kier alpha value is -3.46. The van der Waals surface area contributed by atoms with Crippen molar-refractivity contribution in [1.82, 2.24) is 29.5 Å². The summed E-state index contributed by atoms with van der Waals surface area (Å²) in [6.07, 6.45) is 6.29. The molecule has 0 spiro atoms. The van der Waals surface area contributed by atoms with Gasteiger partial charge in [-0.25, -0.2) is 4.98 Å². The van der Waals surface area contributed by atoms with Crippen molar-refractivity contribution >= 4 is 0 Å². The average Bonchev–Trinajstić information content (AvgIpc) is 3.53. The average molecular weight is 404 g/mol. The van der Waals surface area contributed by atoms with E-state index in [4.69, 9.17) is 19.1 Å². The Balaban J connectivity index is 1.51. The first-order valence-electron chi connectivity index (χ1n) is 9.94. The lowest BCUT2D eigenvalue weighted by molar-refractivity contribution is 0.0835. The summed E-state index contributed by atoms with van der Waals surface area (Å²) in [5.74, 6) is 1.79. The fourth-order valence-electron chi connectivity index (χ4n) is 4.29. The maximum Gasteiger partial charge on any atom is 0.256 e. The summed E-state index contributed by atoms with van der Waals surface area (Å²) in [4.78, 5) is 9.25. The van der Waals surface area contributed by atoms with Crippen LogP contribution in [0, 0.1) is 0 Å². The van der Waals surface area contributed by atoms with Gasteiger partial charge in [0.25, 0.3) is 5.89 Å². The third kappa shape index (κ3) is 2.58. The number of aromatic nitrogens is 6. The normalized spacial score (nSPS) is 17.3. The van der Waals surface area contributed by atoms with Gasteiger partial charge in [0.15, 0.2) is 0 Å². The molecule has 0 radical (unpaired) electrons. The lowest BCUT2D eigenvalue weighted by Gasteiger charge is -2.11. The van der Waals surface area contributed by atoms with Gasteiger partial charge in [-0.1, -0.05) is 5.16 Å². The molecule has 0 saturated carbocycles. The minimum absolute atomic E-state index is 0.120. The summed E-state index contributed by atoms with van der Waals surface area (Å²) in [6.45, 7) is 0.728. The molecule has 6 rings (SSSR count). The van der Waals surface area contributed by atoms with E-state index >= 15 is 0 Å². The van der Waals surface area contributed by atoms with Crippen LogP contribution in [-0.2, 0) is 18.2 Å². The van der Waals surface area contributed by atoms with Gasteiger partial charge in [-0.2, -0.15) is 10.1 Å². The van der Waals surface area contributed by atoms with Gasteiger partial charge in [0.05, 0.1) is 24.2 Å². The number of ether oxygens (including phenoxy) is 2. The molecule has 0 aliphatic carbocycles. The van der Waals surface area contributed by atoms with Crippen LogP contribution in [0.25, 0.3) is 28.5 Å². The Bertz CT molecular complexity index is 1250. The highest BCUT2D eigenvalue weighted by molar-refractivity contribution is 5.77. The molecule has 1 saturated heterocycles. The fourth-order valence-corrected chi connectivity index (χ4v) is 4.29. The lowest BCUT2D eigenvalue weighted by Crippen LogP contribution is -2.01. The van der Waals surface area contributed by atoms with Crippen LogP contribution in [0.5, 0.6) is 5.75 Å². The highest BCUT2D eigenvalue weighted by atomic mass is 16.5. The van der Waals surface area contributed by atoms with Gasteiger partial charge in [-0.05, 0) is 31.0 Å². The van der Waals surface area contributed by atoms with Crippen LogP contribution in [0.1, 0.15) is 36.1 Å². The molecule has 152 valence electrons. The quantitative estimate of drug-likeness (QED) is 0.456. The molecule has 0 N–H and O–H groups in total. The molecule has 0 unspecified atom stereocenters. The van der Waals surface area contributed by atoms with Gasteiger partial charge < -0.3 is 18.6 Å². The predicted octanol–water partition coefficient (Wildman–Crippen LogP) is 3.09. The smallest absolute Gasteiger partial charge is 0.256 e. The zero-order valence-corrected chi connectivity index (χ0v) is 16.7. The van der Waals surface area contributed by atoms with Gasteiger partial charge in [-0.15, -0.1) is 0 Å². The Kier molecular flexibility index (Phi) is 3.79. The molecule has 9 heteroatoms. The van der Waals surface area contributed by atoms with Crippen molar-refractivity contribution in [2.24, 2.45) is 7.05 Å². The van der Waals surface area contributed by atoms with Crippen LogP contribution in [-0.4, -0.2) is 43.2 Å². The van der Waals surface area contributed by atoms with Crippen molar-refractivity contribution in [1.29, 1.82) is 0 Å². The number of nitrogens with zero attached hydrogens (tertiary/aromatic N) is 6. The van der Waals surface area contributed by atoms with Gasteiger partial charge >= 0.3 is 0 Å². The number of hydrogen-bond acceptors (Lipinski definition) is 7. The maximum atomic E-state index is 5.68. The van der Waals surface area contributed by atoms with E-state index in [0.717, 1.165) is 53.4 Å². The molecule has 9 nitrogen and oxygen atoms in total. The molecule has 4 aromatic rings. The van der Waals surface area contributed by atoms with Gasteiger partial charge in [0, 0.05) is 37.4 Å². The Morgan fingerprint density at radius 1 is 1.23 bits per heavy atom. The van der Waals surface area contributed by atoms with Gasteiger partial charge in [-0.3, -0.25) is 4.68 Å². The molecule has 1 aromatic carbocycles. The first kappa shape index (κ1) is 17.4. The van der Waals surface area contributed by atoms with Crippen LogP contribution in [0.3, 0.4) is 0 Å². The van der Waals surface area contributed by atoms with Gasteiger partial charge in [0.1, 0.15) is 23.9 Å². The summed E-state index contributed by atoms with van der Waals surface area (Å²) in [5.41, 5.74) is 5.74. The number of imidazole rings is 1. The first-order valence-corrected chi connectivity index (χ1v) is 9.94. The standard InChI is InChI=1S/C21H20N6O3/c1-26-10-12-8-16-19(20-23-21(30-25-20)17-4-3-7-29-17)22-11-27(16)15-6-5-13(28-2)9-14(15)18(12)24-26/h5-6,9-11,17H,3-4,7-8H2,1-2H3/t17-/m1/s1. The Labute approximate surface area is 172 Å². The summed E-state index contributed by atoms with van der Waals surface area (Å²) in [6, 6.07) is 5.99. The van der Waals surface area contributed by atoms with Crippen LogP contribution in [0.15, 0.2) is 35.2 Å². The minimum atomic E-state index is -0.120. The molecule has 2 aliphatic heterocycles. The van der Waals surface area contributed by atoms with E-state index in [0.29, 0.717) is 23.8 Å². The zero-order valence-electron chi connectivity index (χ0n) is 16.7. The summed E-state index contributed by atoms with van der Waals surface area (Å²) in [7, 11) is 3.60. The third-order valence-electron chi connectivity index (χ3n) is 5.71. The fraction of sp³-hybridized carbons (Fsp3) is 0.333. The van der Waals surface area contributed by atoms with Gasteiger partial charge in [0.2, 0.25) is 5.82 Å². The summed E-state index contributed by atoms with van der Waals surface area (Å²) < 4.78 is 20.5. The van der Waals surface area contributed by atoms with Crippen molar-refractivity contribution in [2.45, 2.75) is 25.4 Å². The topological polar surface area (TPSA) is 93.0 Å². The lowest BCUT2D eigenvalue weighted by atomic mass is 10.0. The van der Waals surface area contributed by atoms with E-state index < -0.39 is 0 Å². The molecular weight excluding hydrogens is 384 g/mol. The largest absolute Gasteiger partial charge is 0.497 e. The van der Waals surface area contributed by atoms with Crippen LogP contribution >= 0.6 is 0 Å². The van der Waals surface area contributed by atoms with Crippen LogP contribution in [0.2, 0.25) is 0 Å². The highest BCUT2D eigenvalue weighted by Crippen LogP contribution is 2.39. The summed E-state index contributed by atoms with van der Waals surface area (Å²) >= 11 is 0.